The van der Waals surface area contributed by atoms with Gasteiger partial charge in [-0.05, 0) is 37.4 Å². The van der Waals surface area contributed by atoms with Crippen LogP contribution in [0.1, 0.15) is 18.9 Å². The molecule has 2 aromatic carbocycles. The summed E-state index contributed by atoms with van der Waals surface area (Å²) in [4.78, 5) is 25.9. The average molecular weight is 383 g/mol. The van der Waals surface area contributed by atoms with Gasteiger partial charge in [-0.25, -0.2) is 4.79 Å². The molecule has 2 N–H and O–H groups in total. The van der Waals surface area contributed by atoms with Crippen LogP contribution in [0, 0.1) is 6.92 Å². The lowest BCUT2D eigenvalue weighted by molar-refractivity contribution is -0.858. The molecule has 6 nitrogen and oxygen atoms in total. The minimum atomic E-state index is -0.643. The second kappa shape index (κ2) is 8.44. The highest BCUT2D eigenvalue weighted by Gasteiger charge is 2.18. The predicted octanol–water partition coefficient (Wildman–Crippen LogP) is 1.67. The third-order valence-corrected chi connectivity index (χ3v) is 4.81. The highest BCUT2D eigenvalue weighted by Crippen LogP contribution is 2.31. The Kier molecular flexibility index (Phi) is 5.99. The van der Waals surface area contributed by atoms with Crippen LogP contribution in [0.25, 0.3) is 21.7 Å². The number of quaternary nitrogens is 1. The monoisotopic (exact) mass is 383 g/mol. The minimum absolute atomic E-state index is 0.159. The number of hydrogen-bond donors (Lipinski definition) is 2. The van der Waals surface area contributed by atoms with E-state index >= 15 is 0 Å². The van der Waals surface area contributed by atoms with Gasteiger partial charge in [-0.2, -0.15) is 0 Å². The first kappa shape index (κ1) is 19.9. The molecule has 1 heterocycles. The second-order valence-electron chi connectivity index (χ2n) is 7.36. The topological polar surface area (TPSA) is 73.0 Å². The molecule has 0 aliphatic rings. The first-order valence-electron chi connectivity index (χ1n) is 9.57. The Balaban J connectivity index is 1.80. The Hall–Kier alpha value is -2.86. The van der Waals surface area contributed by atoms with Gasteiger partial charge in [0.1, 0.15) is 11.3 Å². The van der Waals surface area contributed by atoms with E-state index in [1.165, 1.54) is 4.90 Å². The molecule has 3 aromatic rings. The van der Waals surface area contributed by atoms with E-state index in [4.69, 9.17) is 9.15 Å². The molecule has 0 unspecified atom stereocenters. The Labute approximate surface area is 164 Å². The van der Waals surface area contributed by atoms with Gasteiger partial charge in [-0.15, -0.1) is 0 Å². The fourth-order valence-corrected chi connectivity index (χ4v) is 3.23. The van der Waals surface area contributed by atoms with Gasteiger partial charge in [0.2, 0.25) is 0 Å². The number of carbonyl (C=O) groups is 1. The van der Waals surface area contributed by atoms with Crippen molar-refractivity contribution in [3.05, 3.63) is 52.4 Å². The van der Waals surface area contributed by atoms with Crippen LogP contribution in [-0.2, 0) is 4.79 Å². The zero-order valence-electron chi connectivity index (χ0n) is 16.8. The van der Waals surface area contributed by atoms with E-state index in [0.29, 0.717) is 28.8 Å². The number of rotatable bonds is 7. The molecule has 1 atom stereocenters. The summed E-state index contributed by atoms with van der Waals surface area (Å²) in [6, 6.07) is 11.1. The van der Waals surface area contributed by atoms with Crippen molar-refractivity contribution >= 4 is 27.6 Å². The van der Waals surface area contributed by atoms with Gasteiger partial charge in [0.15, 0.2) is 6.10 Å². The normalized spacial score (nSPS) is 12.5. The van der Waals surface area contributed by atoms with Crippen molar-refractivity contribution in [3.8, 4) is 5.75 Å². The lowest BCUT2D eigenvalue weighted by Crippen LogP contribution is -3.05. The summed E-state index contributed by atoms with van der Waals surface area (Å²) in [5.74, 6) is 0.375. The zero-order valence-corrected chi connectivity index (χ0v) is 16.8. The van der Waals surface area contributed by atoms with Crippen LogP contribution in [0.3, 0.4) is 0 Å². The summed E-state index contributed by atoms with van der Waals surface area (Å²) in [5, 5.41) is 5.14. The molecule has 0 saturated heterocycles. The van der Waals surface area contributed by atoms with Gasteiger partial charge in [-0.3, -0.25) is 4.79 Å². The quantitative estimate of drug-likeness (QED) is 0.370. The number of amides is 1. The van der Waals surface area contributed by atoms with Gasteiger partial charge in [0.25, 0.3) is 5.91 Å². The Morgan fingerprint density at radius 3 is 2.57 bits per heavy atom. The van der Waals surface area contributed by atoms with Crippen molar-refractivity contribution in [3.63, 3.8) is 0 Å². The largest absolute Gasteiger partial charge is 0.480 e. The van der Waals surface area contributed by atoms with Crippen molar-refractivity contribution in [2.75, 3.05) is 27.2 Å². The van der Waals surface area contributed by atoms with Gasteiger partial charge in [-0.1, -0.05) is 18.2 Å². The van der Waals surface area contributed by atoms with E-state index < -0.39 is 6.10 Å². The summed E-state index contributed by atoms with van der Waals surface area (Å²) < 4.78 is 11.4. The number of fused-ring (bicyclic) bond motifs is 3. The van der Waals surface area contributed by atoms with E-state index in [0.717, 1.165) is 23.7 Å². The Morgan fingerprint density at radius 1 is 1.14 bits per heavy atom. The molecule has 0 fully saturated rings. The molecule has 1 amide bonds. The number of carbonyl (C=O) groups excluding carboxylic acids is 1. The van der Waals surface area contributed by atoms with Crippen LogP contribution in [0.15, 0.2) is 45.6 Å². The summed E-state index contributed by atoms with van der Waals surface area (Å²) in [6.45, 7) is 5.16. The van der Waals surface area contributed by atoms with E-state index in [9.17, 15) is 9.59 Å². The molecule has 3 rings (SSSR count). The molecule has 0 aliphatic heterocycles. The summed E-state index contributed by atoms with van der Waals surface area (Å²) in [6.07, 6.45) is 0.267. The Bertz CT molecular complexity index is 1060. The highest BCUT2D eigenvalue weighted by molar-refractivity contribution is 6.05. The van der Waals surface area contributed by atoms with Crippen LogP contribution in [-0.4, -0.2) is 39.2 Å². The van der Waals surface area contributed by atoms with Crippen LogP contribution in [0.2, 0.25) is 0 Å². The molecular weight excluding hydrogens is 356 g/mol. The standard InChI is InChI=1S/C22H26N2O4/c1-14-19(27-15(2)21(25)23-12-7-13-24(3)4)11-10-17-16-8-5-6-9-18(16)22(26)28-20(14)17/h5-6,8-11,15H,7,12-13H2,1-4H3,(H,23,25)/p+1/t15-/m0/s1. The van der Waals surface area contributed by atoms with E-state index in [-0.39, 0.29) is 11.5 Å². The fourth-order valence-electron chi connectivity index (χ4n) is 3.23. The summed E-state index contributed by atoms with van der Waals surface area (Å²) in [5.41, 5.74) is 0.816. The molecule has 148 valence electrons. The minimum Gasteiger partial charge on any atom is -0.480 e. The van der Waals surface area contributed by atoms with Crippen molar-refractivity contribution in [1.29, 1.82) is 0 Å². The predicted molar refractivity (Wildman–Crippen MR) is 110 cm³/mol. The van der Waals surface area contributed by atoms with Crippen LogP contribution in [0.5, 0.6) is 5.75 Å². The van der Waals surface area contributed by atoms with Gasteiger partial charge >= 0.3 is 5.63 Å². The molecule has 0 bridgehead atoms. The number of ether oxygens (including phenoxy) is 1. The smallest absolute Gasteiger partial charge is 0.344 e. The van der Waals surface area contributed by atoms with Gasteiger partial charge < -0.3 is 19.4 Å². The summed E-state index contributed by atoms with van der Waals surface area (Å²) in [7, 11) is 4.16. The highest BCUT2D eigenvalue weighted by atomic mass is 16.5. The average Bonchev–Trinajstić information content (AvgIpc) is 2.67. The first-order valence-corrected chi connectivity index (χ1v) is 9.57. The van der Waals surface area contributed by atoms with Crippen molar-refractivity contribution in [1.82, 2.24) is 5.32 Å². The number of benzene rings is 2. The maximum atomic E-state index is 12.3. The molecular formula is C22H27N2O4+. The molecule has 0 radical (unpaired) electrons. The van der Waals surface area contributed by atoms with Crippen molar-refractivity contribution in [2.45, 2.75) is 26.4 Å². The zero-order chi connectivity index (χ0) is 20.3. The third kappa shape index (κ3) is 4.17. The lowest BCUT2D eigenvalue weighted by atomic mass is 10.0. The van der Waals surface area contributed by atoms with Crippen LogP contribution < -0.4 is 20.6 Å². The first-order chi connectivity index (χ1) is 13.4. The molecule has 0 saturated carbocycles. The molecule has 0 aliphatic carbocycles. The fraction of sp³-hybridized carbons (Fsp3) is 0.364. The second-order valence-corrected chi connectivity index (χ2v) is 7.36. The van der Waals surface area contributed by atoms with Crippen molar-refractivity contribution < 1.29 is 18.8 Å². The van der Waals surface area contributed by atoms with Gasteiger partial charge in [0.05, 0.1) is 26.0 Å². The number of hydrogen-bond acceptors (Lipinski definition) is 4. The Morgan fingerprint density at radius 2 is 1.86 bits per heavy atom. The molecule has 28 heavy (non-hydrogen) atoms. The lowest BCUT2D eigenvalue weighted by Gasteiger charge is -2.17. The van der Waals surface area contributed by atoms with E-state index in [2.05, 4.69) is 19.4 Å². The van der Waals surface area contributed by atoms with E-state index in [1.54, 1.807) is 13.0 Å². The van der Waals surface area contributed by atoms with Crippen LogP contribution in [0.4, 0.5) is 0 Å². The molecule has 1 aromatic heterocycles. The van der Waals surface area contributed by atoms with E-state index in [1.807, 2.05) is 37.3 Å². The molecule has 0 spiro atoms. The number of aryl methyl sites for hydroxylation is 1. The maximum absolute atomic E-state index is 12.3. The van der Waals surface area contributed by atoms with Crippen molar-refractivity contribution in [2.24, 2.45) is 0 Å². The van der Waals surface area contributed by atoms with Crippen LogP contribution >= 0.6 is 0 Å². The van der Waals surface area contributed by atoms with Gasteiger partial charge in [0, 0.05) is 23.9 Å². The SMILES string of the molecule is Cc1c(O[C@@H](C)C(=O)NCCC[NH+](C)C)ccc2c1oc(=O)c1ccccc12. The third-order valence-electron chi connectivity index (χ3n) is 4.81. The molecule has 6 heteroatoms. The maximum Gasteiger partial charge on any atom is 0.344 e. The number of nitrogens with one attached hydrogen (secondary N) is 2. The summed E-state index contributed by atoms with van der Waals surface area (Å²) >= 11 is 0.